The number of carbonyl (C=O) groups excluding carboxylic acids is 2. The summed E-state index contributed by atoms with van der Waals surface area (Å²) >= 11 is 8.56. The normalized spacial score (nSPS) is 10.3. The summed E-state index contributed by atoms with van der Waals surface area (Å²) in [6.45, 7) is 2.11. The van der Waals surface area contributed by atoms with Gasteiger partial charge in [0.05, 0.1) is 30.2 Å². The summed E-state index contributed by atoms with van der Waals surface area (Å²) in [6.07, 6.45) is 1.69. The predicted octanol–water partition coefficient (Wildman–Crippen LogP) is 3.03. The zero-order valence-electron chi connectivity index (χ0n) is 12.2. The topological polar surface area (TPSA) is 81.2 Å². The molecule has 0 saturated heterocycles. The van der Waals surface area contributed by atoms with Gasteiger partial charge in [-0.2, -0.15) is 0 Å². The molecular weight excluding hydrogens is 358 g/mol. The third kappa shape index (κ3) is 5.81. The highest BCUT2D eigenvalue weighted by atomic mass is 35.5. The Bertz CT molecular complexity index is 693. The van der Waals surface area contributed by atoms with E-state index in [-0.39, 0.29) is 29.2 Å². The van der Waals surface area contributed by atoms with Gasteiger partial charge < -0.3 is 10.1 Å². The summed E-state index contributed by atoms with van der Waals surface area (Å²) in [5.74, 6) is -0.317. The molecule has 0 aliphatic heterocycles. The van der Waals surface area contributed by atoms with Crippen LogP contribution in [-0.4, -0.2) is 34.2 Å². The number of amides is 1. The van der Waals surface area contributed by atoms with Gasteiger partial charge in [-0.3, -0.25) is 9.59 Å². The number of carbonyl (C=O) groups is 2. The lowest BCUT2D eigenvalue weighted by atomic mass is 10.3. The number of thioether (sulfide) groups is 1. The number of hydrogen-bond donors (Lipinski definition) is 1. The van der Waals surface area contributed by atoms with Crippen LogP contribution in [0.5, 0.6) is 0 Å². The Morgan fingerprint density at radius 2 is 2.30 bits per heavy atom. The Balaban J connectivity index is 1.82. The minimum Gasteiger partial charge on any atom is -0.466 e. The second kappa shape index (κ2) is 8.85. The van der Waals surface area contributed by atoms with Crippen LogP contribution >= 0.6 is 34.7 Å². The first-order valence-electron chi connectivity index (χ1n) is 6.71. The highest BCUT2D eigenvalue weighted by molar-refractivity contribution is 8.01. The van der Waals surface area contributed by atoms with Crippen molar-refractivity contribution in [3.8, 4) is 0 Å². The standard InChI is InChI=1S/C14H14ClN3O3S2/c1-2-21-12(20)6-9-7-22-14(17-9)23-8-11(19)18-10-4-3-5-16-13(10)15/h3-5,7H,2,6,8H2,1H3,(H,18,19). The van der Waals surface area contributed by atoms with Gasteiger partial charge in [0.2, 0.25) is 5.91 Å². The van der Waals surface area contributed by atoms with Crippen LogP contribution in [0.4, 0.5) is 5.69 Å². The minimum absolute atomic E-state index is 0.141. The van der Waals surface area contributed by atoms with Crippen molar-refractivity contribution in [1.82, 2.24) is 9.97 Å². The molecule has 2 aromatic rings. The van der Waals surface area contributed by atoms with Crippen molar-refractivity contribution in [2.45, 2.75) is 17.7 Å². The lowest BCUT2D eigenvalue weighted by Crippen LogP contribution is -2.14. The smallest absolute Gasteiger partial charge is 0.311 e. The number of pyridine rings is 1. The Hall–Kier alpha value is -1.64. The second-order valence-corrected chi connectivity index (χ2v) is 6.70. The number of ether oxygens (including phenoxy) is 1. The number of aromatic nitrogens is 2. The molecule has 0 unspecified atom stereocenters. The van der Waals surface area contributed by atoms with Crippen molar-refractivity contribution < 1.29 is 14.3 Å². The van der Waals surface area contributed by atoms with E-state index in [2.05, 4.69) is 15.3 Å². The Labute approximate surface area is 146 Å². The number of rotatable bonds is 7. The fourth-order valence-electron chi connectivity index (χ4n) is 1.59. The molecule has 0 atom stereocenters. The molecule has 122 valence electrons. The monoisotopic (exact) mass is 371 g/mol. The molecule has 9 heteroatoms. The fourth-order valence-corrected chi connectivity index (χ4v) is 3.40. The largest absolute Gasteiger partial charge is 0.466 e. The van der Waals surface area contributed by atoms with Gasteiger partial charge in [0.25, 0.3) is 0 Å². The van der Waals surface area contributed by atoms with Gasteiger partial charge >= 0.3 is 5.97 Å². The average Bonchev–Trinajstić information content (AvgIpc) is 2.95. The second-order valence-electron chi connectivity index (χ2n) is 4.27. The van der Waals surface area contributed by atoms with E-state index in [9.17, 15) is 9.59 Å². The molecule has 0 aliphatic carbocycles. The third-order valence-corrected chi connectivity index (χ3v) is 4.89. The van der Waals surface area contributed by atoms with E-state index in [1.165, 1.54) is 23.1 Å². The number of esters is 1. The molecule has 6 nitrogen and oxygen atoms in total. The molecule has 0 bridgehead atoms. The van der Waals surface area contributed by atoms with Crippen molar-refractivity contribution in [3.05, 3.63) is 34.6 Å². The van der Waals surface area contributed by atoms with Crippen molar-refractivity contribution in [2.24, 2.45) is 0 Å². The molecule has 0 radical (unpaired) electrons. The van der Waals surface area contributed by atoms with Crippen LogP contribution in [0.1, 0.15) is 12.6 Å². The van der Waals surface area contributed by atoms with Crippen LogP contribution in [0.15, 0.2) is 28.0 Å². The molecule has 2 rings (SSSR count). The highest BCUT2D eigenvalue weighted by Gasteiger charge is 2.11. The summed E-state index contributed by atoms with van der Waals surface area (Å²) in [5, 5.41) is 4.72. The molecule has 1 N–H and O–H groups in total. The lowest BCUT2D eigenvalue weighted by molar-refractivity contribution is -0.142. The van der Waals surface area contributed by atoms with Crippen molar-refractivity contribution >= 4 is 52.3 Å². The maximum Gasteiger partial charge on any atom is 0.311 e. The van der Waals surface area contributed by atoms with E-state index < -0.39 is 0 Å². The molecule has 0 fully saturated rings. The summed E-state index contributed by atoms with van der Waals surface area (Å²) in [4.78, 5) is 31.4. The molecule has 2 aromatic heterocycles. The molecule has 2 heterocycles. The van der Waals surface area contributed by atoms with Crippen LogP contribution < -0.4 is 5.32 Å². The minimum atomic E-state index is -0.307. The van der Waals surface area contributed by atoms with Gasteiger partial charge in [0.15, 0.2) is 9.49 Å². The van der Waals surface area contributed by atoms with Crippen molar-refractivity contribution in [2.75, 3.05) is 17.7 Å². The SMILES string of the molecule is CCOC(=O)Cc1csc(SCC(=O)Nc2cccnc2Cl)n1. The number of hydrogen-bond acceptors (Lipinski definition) is 7. The molecule has 0 aliphatic rings. The van der Waals surface area contributed by atoms with E-state index in [1.54, 1.807) is 30.6 Å². The van der Waals surface area contributed by atoms with Gasteiger partial charge in [-0.1, -0.05) is 23.4 Å². The molecular formula is C14H14ClN3O3S2. The van der Waals surface area contributed by atoms with Crippen LogP contribution in [0.2, 0.25) is 5.15 Å². The number of halogens is 1. The predicted molar refractivity (Wildman–Crippen MR) is 91.1 cm³/mol. The summed E-state index contributed by atoms with van der Waals surface area (Å²) in [6, 6.07) is 3.37. The maximum absolute atomic E-state index is 11.9. The van der Waals surface area contributed by atoms with Crippen LogP contribution in [-0.2, 0) is 20.7 Å². The zero-order chi connectivity index (χ0) is 16.7. The molecule has 0 spiro atoms. The van der Waals surface area contributed by atoms with Crippen LogP contribution in [0, 0.1) is 0 Å². The Kier molecular flexibility index (Phi) is 6.82. The summed E-state index contributed by atoms with van der Waals surface area (Å²) < 4.78 is 5.59. The maximum atomic E-state index is 11.9. The first kappa shape index (κ1) is 17.7. The Morgan fingerprint density at radius 3 is 3.04 bits per heavy atom. The van der Waals surface area contributed by atoms with Gasteiger partial charge in [-0.25, -0.2) is 9.97 Å². The van der Waals surface area contributed by atoms with Crippen LogP contribution in [0.25, 0.3) is 0 Å². The average molecular weight is 372 g/mol. The lowest BCUT2D eigenvalue weighted by Gasteiger charge is -2.05. The molecule has 23 heavy (non-hydrogen) atoms. The van der Waals surface area contributed by atoms with Crippen molar-refractivity contribution in [3.63, 3.8) is 0 Å². The zero-order valence-corrected chi connectivity index (χ0v) is 14.6. The number of thiazole rings is 1. The van der Waals surface area contributed by atoms with E-state index >= 15 is 0 Å². The summed E-state index contributed by atoms with van der Waals surface area (Å²) in [5.41, 5.74) is 1.12. The number of nitrogens with one attached hydrogen (secondary N) is 1. The quantitative estimate of drug-likeness (QED) is 0.457. The molecule has 0 aromatic carbocycles. The fraction of sp³-hybridized carbons (Fsp3) is 0.286. The third-order valence-electron chi connectivity index (χ3n) is 2.52. The van der Waals surface area contributed by atoms with Crippen molar-refractivity contribution in [1.29, 1.82) is 0 Å². The first-order chi connectivity index (χ1) is 11.1. The van der Waals surface area contributed by atoms with Gasteiger partial charge in [-0.15, -0.1) is 11.3 Å². The number of anilines is 1. The molecule has 1 amide bonds. The van der Waals surface area contributed by atoms with E-state index in [4.69, 9.17) is 16.3 Å². The number of nitrogens with zero attached hydrogens (tertiary/aromatic N) is 2. The summed E-state index contributed by atoms with van der Waals surface area (Å²) in [7, 11) is 0. The Morgan fingerprint density at radius 1 is 1.48 bits per heavy atom. The van der Waals surface area contributed by atoms with E-state index in [0.29, 0.717) is 18.0 Å². The van der Waals surface area contributed by atoms with Gasteiger partial charge in [-0.05, 0) is 19.1 Å². The van der Waals surface area contributed by atoms with Gasteiger partial charge in [0, 0.05) is 11.6 Å². The first-order valence-corrected chi connectivity index (χ1v) is 8.96. The molecule has 0 saturated carbocycles. The van der Waals surface area contributed by atoms with E-state index in [1.807, 2.05) is 0 Å². The highest BCUT2D eigenvalue weighted by Crippen LogP contribution is 2.24. The van der Waals surface area contributed by atoms with E-state index in [0.717, 1.165) is 4.34 Å². The van der Waals surface area contributed by atoms with Crippen LogP contribution in [0.3, 0.4) is 0 Å². The van der Waals surface area contributed by atoms with Gasteiger partial charge in [0.1, 0.15) is 0 Å².